The number of hydrogen-bond donors (Lipinski definition) is 1. The Morgan fingerprint density at radius 2 is 1.78 bits per heavy atom. The summed E-state index contributed by atoms with van der Waals surface area (Å²) < 4.78 is 13.4. The van der Waals surface area contributed by atoms with Crippen molar-refractivity contribution in [2.45, 2.75) is 38.4 Å². The number of aliphatic imine (C=N–C) groups is 1. The lowest BCUT2D eigenvalue weighted by Gasteiger charge is -2.23. The summed E-state index contributed by atoms with van der Waals surface area (Å²) in [4.78, 5) is 18.1. The summed E-state index contributed by atoms with van der Waals surface area (Å²) in [7, 11) is 0. The molecule has 0 amide bonds. The molecule has 0 aliphatic carbocycles. The SMILES string of the molecule is Cc1cc(-c2nnc(N[C@H]3N=C(c4ccccc4)c4ccccc4CC3=O)o2)n(C2CCOCC2)n1. The lowest BCUT2D eigenvalue weighted by molar-refractivity contribution is -0.119. The van der Waals surface area contributed by atoms with E-state index in [1.807, 2.05) is 72.3 Å². The number of aromatic nitrogens is 4. The number of ketones is 1. The van der Waals surface area contributed by atoms with E-state index in [0.717, 1.165) is 46.6 Å². The first kappa shape index (κ1) is 22.4. The monoisotopic (exact) mass is 482 g/mol. The van der Waals surface area contributed by atoms with Crippen molar-refractivity contribution >= 4 is 17.5 Å². The minimum Gasteiger partial charge on any atom is -0.402 e. The fourth-order valence-corrected chi connectivity index (χ4v) is 4.79. The van der Waals surface area contributed by atoms with Gasteiger partial charge in [0.25, 0.3) is 5.89 Å². The Bertz CT molecular complexity index is 1420. The molecule has 0 saturated carbocycles. The summed E-state index contributed by atoms with van der Waals surface area (Å²) in [6.45, 7) is 3.34. The van der Waals surface area contributed by atoms with Gasteiger partial charge < -0.3 is 14.5 Å². The van der Waals surface area contributed by atoms with Crippen molar-refractivity contribution in [1.29, 1.82) is 0 Å². The molecule has 9 nitrogen and oxygen atoms in total. The van der Waals surface area contributed by atoms with Gasteiger partial charge in [0.05, 0.1) is 17.4 Å². The predicted octanol–water partition coefficient (Wildman–Crippen LogP) is 3.99. The molecule has 2 aromatic carbocycles. The van der Waals surface area contributed by atoms with Crippen LogP contribution in [0.2, 0.25) is 0 Å². The van der Waals surface area contributed by atoms with Gasteiger partial charge in [-0.05, 0) is 31.4 Å². The molecule has 1 fully saturated rings. The molecule has 2 aliphatic rings. The van der Waals surface area contributed by atoms with Crippen molar-refractivity contribution in [3.05, 3.63) is 83.0 Å². The number of nitrogens with zero attached hydrogens (tertiary/aromatic N) is 5. The van der Waals surface area contributed by atoms with Crippen LogP contribution in [0, 0.1) is 6.92 Å². The zero-order valence-corrected chi connectivity index (χ0v) is 19.9. The minimum atomic E-state index is -0.858. The number of benzene rings is 2. The summed E-state index contributed by atoms with van der Waals surface area (Å²) in [5.41, 5.74) is 5.21. The van der Waals surface area contributed by atoms with Crippen LogP contribution in [0.3, 0.4) is 0 Å². The third-order valence-electron chi connectivity index (χ3n) is 6.55. The molecule has 4 heterocycles. The van der Waals surface area contributed by atoms with E-state index in [1.54, 1.807) is 0 Å². The maximum atomic E-state index is 13.2. The summed E-state index contributed by atoms with van der Waals surface area (Å²) in [5, 5.41) is 16.2. The number of hydrogen-bond acceptors (Lipinski definition) is 8. The fraction of sp³-hybridized carbons (Fsp3) is 0.296. The van der Waals surface area contributed by atoms with Gasteiger partial charge in [-0.3, -0.25) is 14.5 Å². The molecular formula is C27H26N6O3. The topological polar surface area (TPSA) is 107 Å². The molecule has 1 atom stereocenters. The summed E-state index contributed by atoms with van der Waals surface area (Å²) >= 11 is 0. The molecule has 2 aromatic heterocycles. The van der Waals surface area contributed by atoms with Crippen molar-refractivity contribution in [2.24, 2.45) is 4.99 Å². The van der Waals surface area contributed by atoms with E-state index >= 15 is 0 Å². The zero-order chi connectivity index (χ0) is 24.5. The van der Waals surface area contributed by atoms with Crippen molar-refractivity contribution in [3.63, 3.8) is 0 Å². The summed E-state index contributed by atoms with van der Waals surface area (Å²) in [5.74, 6) is 0.275. The molecule has 0 radical (unpaired) electrons. The third-order valence-corrected chi connectivity index (χ3v) is 6.55. The Labute approximate surface area is 208 Å². The van der Waals surface area contributed by atoms with Crippen LogP contribution in [-0.2, 0) is 16.0 Å². The van der Waals surface area contributed by atoms with Gasteiger partial charge >= 0.3 is 6.01 Å². The average molecular weight is 483 g/mol. The molecule has 2 aliphatic heterocycles. The maximum absolute atomic E-state index is 13.2. The molecule has 182 valence electrons. The Morgan fingerprint density at radius 3 is 2.61 bits per heavy atom. The molecule has 9 heteroatoms. The lowest BCUT2D eigenvalue weighted by atomic mass is 9.96. The number of rotatable bonds is 5. The van der Waals surface area contributed by atoms with E-state index in [2.05, 4.69) is 20.6 Å². The highest BCUT2D eigenvalue weighted by molar-refractivity contribution is 6.16. The number of Topliss-reactive ketones (excluding diaryl/α,β-unsaturated/α-hetero) is 1. The zero-order valence-electron chi connectivity index (χ0n) is 19.9. The van der Waals surface area contributed by atoms with Gasteiger partial charge in [0.15, 0.2) is 11.9 Å². The van der Waals surface area contributed by atoms with Crippen LogP contribution < -0.4 is 5.32 Å². The van der Waals surface area contributed by atoms with E-state index in [4.69, 9.17) is 14.1 Å². The second-order valence-electron chi connectivity index (χ2n) is 9.06. The van der Waals surface area contributed by atoms with Gasteiger partial charge in [0.2, 0.25) is 0 Å². The van der Waals surface area contributed by atoms with Crippen molar-refractivity contribution in [1.82, 2.24) is 20.0 Å². The van der Waals surface area contributed by atoms with E-state index < -0.39 is 6.17 Å². The number of nitrogens with one attached hydrogen (secondary N) is 1. The Kier molecular flexibility index (Phi) is 5.90. The van der Waals surface area contributed by atoms with Crippen molar-refractivity contribution in [2.75, 3.05) is 18.5 Å². The van der Waals surface area contributed by atoms with Gasteiger partial charge in [-0.15, -0.1) is 5.10 Å². The number of anilines is 1. The van der Waals surface area contributed by atoms with Crippen LogP contribution >= 0.6 is 0 Å². The molecule has 0 bridgehead atoms. The van der Waals surface area contributed by atoms with E-state index in [9.17, 15) is 4.79 Å². The second kappa shape index (κ2) is 9.50. The number of aryl methyl sites for hydroxylation is 1. The molecule has 6 rings (SSSR count). The van der Waals surface area contributed by atoms with Crippen LogP contribution in [0.15, 0.2) is 70.1 Å². The van der Waals surface area contributed by atoms with Gasteiger partial charge in [-0.25, -0.2) is 0 Å². The van der Waals surface area contributed by atoms with Gasteiger partial charge in [0, 0.05) is 30.8 Å². The Balaban J connectivity index is 1.31. The smallest absolute Gasteiger partial charge is 0.317 e. The Morgan fingerprint density at radius 1 is 1.00 bits per heavy atom. The van der Waals surface area contributed by atoms with E-state index in [1.165, 1.54) is 0 Å². The van der Waals surface area contributed by atoms with Gasteiger partial charge in [-0.1, -0.05) is 59.7 Å². The van der Waals surface area contributed by atoms with Gasteiger partial charge in [-0.2, -0.15) is 5.10 Å². The van der Waals surface area contributed by atoms with Crippen LogP contribution in [0.4, 0.5) is 6.01 Å². The third kappa shape index (κ3) is 4.33. The highest BCUT2D eigenvalue weighted by Crippen LogP contribution is 2.29. The normalized spacial score (nSPS) is 18.4. The van der Waals surface area contributed by atoms with Crippen molar-refractivity contribution in [3.8, 4) is 11.6 Å². The van der Waals surface area contributed by atoms with Crippen LogP contribution in [0.25, 0.3) is 11.6 Å². The number of carbonyl (C=O) groups excluding carboxylic acids is 1. The molecule has 4 aromatic rings. The quantitative estimate of drug-likeness (QED) is 0.458. The number of ether oxygens (including phenoxy) is 1. The standard InChI is InChI=1S/C27H26N6O3/c1-17-15-22(33(32-17)20-11-13-35-14-12-20)26-30-31-27(36-26)29-25-23(34)16-19-9-5-6-10-21(19)24(28-25)18-7-3-2-4-8-18/h2-10,15,20,25H,11-14,16H2,1H3,(H,29,31)/t25-/m1/s1. The first-order valence-corrected chi connectivity index (χ1v) is 12.1. The molecular weight excluding hydrogens is 456 g/mol. The first-order valence-electron chi connectivity index (χ1n) is 12.1. The molecule has 1 N–H and O–H groups in total. The lowest BCUT2D eigenvalue weighted by Crippen LogP contribution is -2.29. The summed E-state index contributed by atoms with van der Waals surface area (Å²) in [6, 6.07) is 20.0. The number of carbonyl (C=O) groups is 1. The largest absolute Gasteiger partial charge is 0.402 e. The van der Waals surface area contributed by atoms with Gasteiger partial charge in [0.1, 0.15) is 5.69 Å². The van der Waals surface area contributed by atoms with E-state index in [0.29, 0.717) is 19.1 Å². The van der Waals surface area contributed by atoms with Crippen molar-refractivity contribution < 1.29 is 13.9 Å². The molecule has 0 spiro atoms. The maximum Gasteiger partial charge on any atom is 0.317 e. The second-order valence-corrected chi connectivity index (χ2v) is 9.06. The van der Waals surface area contributed by atoms with E-state index in [-0.39, 0.29) is 24.3 Å². The minimum absolute atomic E-state index is 0.0729. The average Bonchev–Trinajstić information content (AvgIpc) is 3.51. The fourth-order valence-electron chi connectivity index (χ4n) is 4.79. The highest BCUT2D eigenvalue weighted by Gasteiger charge is 2.28. The van der Waals surface area contributed by atoms with Crippen LogP contribution in [-0.4, -0.2) is 50.9 Å². The summed E-state index contributed by atoms with van der Waals surface area (Å²) in [6.07, 6.45) is 1.15. The number of fused-ring (bicyclic) bond motifs is 1. The molecule has 36 heavy (non-hydrogen) atoms. The highest BCUT2D eigenvalue weighted by atomic mass is 16.5. The predicted molar refractivity (Wildman–Crippen MR) is 134 cm³/mol. The van der Waals surface area contributed by atoms with Crippen LogP contribution in [0.1, 0.15) is 41.3 Å². The molecule has 1 saturated heterocycles. The van der Waals surface area contributed by atoms with Crippen LogP contribution in [0.5, 0.6) is 0 Å². The molecule has 0 unspecified atom stereocenters. The Hall–Kier alpha value is -4.11. The first-order chi connectivity index (χ1) is 17.7.